The fourth-order valence-electron chi connectivity index (χ4n) is 2.88. The highest BCUT2D eigenvalue weighted by molar-refractivity contribution is 7.11. The van der Waals surface area contributed by atoms with Crippen molar-refractivity contribution in [1.82, 2.24) is 15.6 Å². The van der Waals surface area contributed by atoms with Crippen LogP contribution in [0.4, 0.5) is 0 Å². The van der Waals surface area contributed by atoms with Gasteiger partial charge in [0, 0.05) is 30.5 Å². The van der Waals surface area contributed by atoms with E-state index in [0.29, 0.717) is 19.7 Å². The second kappa shape index (κ2) is 9.19. The third kappa shape index (κ3) is 5.43. The molecule has 2 N–H and O–H groups in total. The van der Waals surface area contributed by atoms with Crippen molar-refractivity contribution in [2.45, 2.75) is 46.4 Å². The van der Waals surface area contributed by atoms with Crippen molar-refractivity contribution in [1.29, 1.82) is 0 Å². The van der Waals surface area contributed by atoms with Gasteiger partial charge in [-0.25, -0.2) is 4.98 Å². The first-order valence-electron chi connectivity index (χ1n) is 9.26. The molecule has 1 aliphatic heterocycles. The Kier molecular flexibility index (Phi) is 6.68. The van der Waals surface area contributed by atoms with E-state index in [1.807, 2.05) is 6.92 Å². The predicted octanol–water partition coefficient (Wildman–Crippen LogP) is 3.10. The quantitative estimate of drug-likeness (QED) is 0.588. The molecule has 0 aliphatic carbocycles. The molecule has 1 aromatic heterocycles. The van der Waals surface area contributed by atoms with E-state index in [2.05, 4.69) is 52.7 Å². The van der Waals surface area contributed by atoms with E-state index in [0.717, 1.165) is 41.0 Å². The Morgan fingerprint density at radius 1 is 1.30 bits per heavy atom. The molecule has 1 aliphatic rings. The molecule has 2 aromatic rings. The summed E-state index contributed by atoms with van der Waals surface area (Å²) in [4.78, 5) is 10.1. The van der Waals surface area contributed by atoms with Crippen LogP contribution in [-0.4, -0.2) is 37.3 Å². The van der Waals surface area contributed by atoms with E-state index in [9.17, 15) is 0 Å². The van der Waals surface area contributed by atoms with Crippen molar-refractivity contribution in [3.63, 3.8) is 0 Å². The number of benzene rings is 1. The molecule has 146 valence electrons. The van der Waals surface area contributed by atoms with E-state index in [-0.39, 0.29) is 6.10 Å². The highest BCUT2D eigenvalue weighted by Crippen LogP contribution is 2.24. The summed E-state index contributed by atoms with van der Waals surface area (Å²) in [6.07, 6.45) is 1.08. The Morgan fingerprint density at radius 3 is 2.78 bits per heavy atom. The van der Waals surface area contributed by atoms with Crippen molar-refractivity contribution in [3.05, 3.63) is 44.9 Å². The van der Waals surface area contributed by atoms with E-state index in [4.69, 9.17) is 9.47 Å². The highest BCUT2D eigenvalue weighted by Gasteiger charge is 2.18. The summed E-state index contributed by atoms with van der Waals surface area (Å²) in [6.45, 7) is 8.95. The molecule has 1 fully saturated rings. The Morgan fingerprint density at radius 2 is 2.11 bits per heavy atom. The third-order valence-electron chi connectivity index (χ3n) is 4.55. The van der Waals surface area contributed by atoms with Crippen molar-refractivity contribution < 1.29 is 9.47 Å². The number of thiazole rings is 1. The summed E-state index contributed by atoms with van der Waals surface area (Å²) in [5.41, 5.74) is 3.39. The lowest BCUT2D eigenvalue weighted by atomic mass is 10.1. The number of nitrogens with one attached hydrogen (secondary N) is 2. The van der Waals surface area contributed by atoms with Gasteiger partial charge in [-0.1, -0.05) is 12.1 Å². The van der Waals surface area contributed by atoms with E-state index in [1.54, 1.807) is 18.4 Å². The first kappa shape index (κ1) is 19.6. The number of aryl methyl sites for hydroxylation is 3. The summed E-state index contributed by atoms with van der Waals surface area (Å²) in [7, 11) is 1.77. The van der Waals surface area contributed by atoms with Crippen LogP contribution in [0.1, 0.15) is 33.1 Å². The molecule has 6 nitrogen and oxygen atoms in total. The van der Waals surface area contributed by atoms with Gasteiger partial charge in [0.25, 0.3) is 0 Å². The molecule has 3 rings (SSSR count). The molecule has 0 bridgehead atoms. The average molecular weight is 389 g/mol. The van der Waals surface area contributed by atoms with Crippen molar-refractivity contribution in [3.8, 4) is 5.75 Å². The van der Waals surface area contributed by atoms with Crippen LogP contribution < -0.4 is 15.4 Å². The van der Waals surface area contributed by atoms with Gasteiger partial charge < -0.3 is 20.1 Å². The predicted molar refractivity (Wildman–Crippen MR) is 110 cm³/mol. The van der Waals surface area contributed by atoms with E-state index < -0.39 is 0 Å². The van der Waals surface area contributed by atoms with Crippen LogP contribution in [0.2, 0.25) is 0 Å². The number of nitrogens with zero attached hydrogens (tertiary/aromatic N) is 2. The van der Waals surface area contributed by atoms with Crippen LogP contribution in [0.15, 0.2) is 23.2 Å². The SMILES string of the molecule is CN=C(NCc1nc(C)c(C)s1)NCc1ccc(C)cc1OC1CCOC1. The van der Waals surface area contributed by atoms with Gasteiger partial charge in [0.15, 0.2) is 5.96 Å². The van der Waals surface area contributed by atoms with Gasteiger partial charge in [-0.15, -0.1) is 11.3 Å². The Bertz CT molecular complexity index is 778. The molecule has 1 saturated heterocycles. The zero-order valence-electron chi connectivity index (χ0n) is 16.5. The average Bonchev–Trinajstić information content (AvgIpc) is 3.26. The largest absolute Gasteiger partial charge is 0.488 e. The van der Waals surface area contributed by atoms with E-state index >= 15 is 0 Å². The molecule has 0 saturated carbocycles. The summed E-state index contributed by atoms with van der Waals surface area (Å²) in [5, 5.41) is 7.76. The van der Waals surface area contributed by atoms with Crippen LogP contribution in [0, 0.1) is 20.8 Å². The number of aliphatic imine (C=N–C) groups is 1. The van der Waals surface area contributed by atoms with Crippen LogP contribution in [-0.2, 0) is 17.8 Å². The summed E-state index contributed by atoms with van der Waals surface area (Å²) >= 11 is 1.71. The summed E-state index contributed by atoms with van der Waals surface area (Å²) < 4.78 is 11.6. The monoisotopic (exact) mass is 388 g/mol. The zero-order valence-corrected chi connectivity index (χ0v) is 17.3. The Balaban J connectivity index is 1.58. The number of aromatic nitrogens is 1. The van der Waals surface area contributed by atoms with Gasteiger partial charge in [-0.2, -0.15) is 0 Å². The molecule has 0 radical (unpaired) electrons. The molecule has 2 heterocycles. The van der Waals surface area contributed by atoms with Crippen LogP contribution in [0.5, 0.6) is 5.75 Å². The lowest BCUT2D eigenvalue weighted by Crippen LogP contribution is -2.36. The molecule has 7 heteroatoms. The standard InChI is InChI=1S/C20H28N4O2S/c1-13-5-6-16(18(9-13)26-17-7-8-25-12-17)10-22-20(21-4)23-11-19-24-14(2)15(3)27-19/h5-6,9,17H,7-8,10-12H2,1-4H3,(H2,21,22,23). The smallest absolute Gasteiger partial charge is 0.191 e. The minimum absolute atomic E-state index is 0.138. The highest BCUT2D eigenvalue weighted by atomic mass is 32.1. The minimum Gasteiger partial charge on any atom is -0.488 e. The van der Waals surface area contributed by atoms with Gasteiger partial charge >= 0.3 is 0 Å². The maximum absolute atomic E-state index is 6.16. The molecule has 0 spiro atoms. The lowest BCUT2D eigenvalue weighted by Gasteiger charge is -2.18. The van der Waals surface area contributed by atoms with Crippen LogP contribution >= 0.6 is 11.3 Å². The minimum atomic E-state index is 0.138. The maximum atomic E-state index is 6.16. The number of hydrogen-bond donors (Lipinski definition) is 2. The van der Waals surface area contributed by atoms with Crippen molar-refractivity contribution in [2.75, 3.05) is 20.3 Å². The van der Waals surface area contributed by atoms with E-state index in [1.165, 1.54) is 10.4 Å². The molecular weight excluding hydrogens is 360 g/mol. The summed E-state index contributed by atoms with van der Waals surface area (Å²) in [5.74, 6) is 1.66. The number of hydrogen-bond acceptors (Lipinski definition) is 5. The normalized spacial score (nSPS) is 17.2. The molecular formula is C20H28N4O2S. The van der Waals surface area contributed by atoms with Crippen molar-refractivity contribution in [2.24, 2.45) is 4.99 Å². The first-order chi connectivity index (χ1) is 13.0. The van der Waals surface area contributed by atoms with Gasteiger partial charge in [0.2, 0.25) is 0 Å². The first-order valence-corrected chi connectivity index (χ1v) is 10.1. The molecule has 27 heavy (non-hydrogen) atoms. The zero-order chi connectivity index (χ0) is 19.2. The number of rotatable bonds is 6. The molecule has 1 aromatic carbocycles. The summed E-state index contributed by atoms with van der Waals surface area (Å²) in [6, 6.07) is 6.30. The second-order valence-electron chi connectivity index (χ2n) is 6.74. The molecule has 1 atom stereocenters. The number of guanidine groups is 1. The van der Waals surface area contributed by atoms with Crippen molar-refractivity contribution >= 4 is 17.3 Å². The molecule has 1 unspecified atom stereocenters. The van der Waals surface area contributed by atoms with Gasteiger partial charge in [0.1, 0.15) is 16.9 Å². The Hall–Kier alpha value is -2.12. The van der Waals surface area contributed by atoms with Crippen LogP contribution in [0.25, 0.3) is 0 Å². The second-order valence-corrected chi connectivity index (χ2v) is 8.03. The van der Waals surface area contributed by atoms with Gasteiger partial charge in [-0.3, -0.25) is 4.99 Å². The molecule has 0 amide bonds. The fourth-order valence-corrected chi connectivity index (χ4v) is 3.75. The van der Waals surface area contributed by atoms with Gasteiger partial charge in [-0.05, 0) is 32.4 Å². The topological polar surface area (TPSA) is 67.8 Å². The fraction of sp³-hybridized carbons (Fsp3) is 0.500. The Labute approximate surface area is 165 Å². The van der Waals surface area contributed by atoms with Gasteiger partial charge in [0.05, 0.1) is 25.5 Å². The van der Waals surface area contributed by atoms with Crippen LogP contribution in [0.3, 0.4) is 0 Å². The maximum Gasteiger partial charge on any atom is 0.191 e. The third-order valence-corrected chi connectivity index (χ3v) is 5.63. The number of ether oxygens (including phenoxy) is 2. The lowest BCUT2D eigenvalue weighted by molar-refractivity contribution is 0.140.